The lowest BCUT2D eigenvalue weighted by atomic mass is 10.1. The summed E-state index contributed by atoms with van der Waals surface area (Å²) in [6, 6.07) is 10.5. The Morgan fingerprint density at radius 1 is 1.38 bits per heavy atom. The van der Waals surface area contributed by atoms with Crippen molar-refractivity contribution in [2.75, 3.05) is 6.61 Å². The molecule has 1 aromatic heterocycles. The van der Waals surface area contributed by atoms with Gasteiger partial charge in [0.1, 0.15) is 5.69 Å². The number of carbonyl (C=O) groups excluding carboxylic acids is 1. The lowest BCUT2D eigenvalue weighted by Crippen LogP contribution is -2.18. The number of carbonyl (C=O) groups is 1. The summed E-state index contributed by atoms with van der Waals surface area (Å²) in [7, 11) is 0. The van der Waals surface area contributed by atoms with Gasteiger partial charge in [-0.25, -0.2) is 4.79 Å². The molecule has 3 nitrogen and oxygen atoms in total. The number of rotatable bonds is 4. The molecule has 0 radical (unpaired) electrons. The van der Waals surface area contributed by atoms with E-state index < -0.39 is 0 Å². The molecule has 3 rings (SSSR count). The number of ether oxygens (including phenoxy) is 1. The fourth-order valence-electron chi connectivity index (χ4n) is 2.79. The number of aromatic nitrogens is 1. The quantitative estimate of drug-likeness (QED) is 0.807. The van der Waals surface area contributed by atoms with E-state index in [0.29, 0.717) is 17.6 Å². The molecule has 0 bridgehead atoms. The summed E-state index contributed by atoms with van der Waals surface area (Å²) < 4.78 is 7.21. The fourth-order valence-corrected chi connectivity index (χ4v) is 4.10. The average Bonchev–Trinajstić information content (AvgIpc) is 3.02. The third-order valence-corrected chi connectivity index (χ3v) is 5.05. The van der Waals surface area contributed by atoms with Gasteiger partial charge in [0, 0.05) is 22.9 Å². The SMILES string of the molecule is CCOC(=O)c1c(C)ccn1CC1Cc2ccccc2S1. The first-order valence-electron chi connectivity index (χ1n) is 7.26. The van der Waals surface area contributed by atoms with Gasteiger partial charge in [-0.3, -0.25) is 0 Å². The molecule has 0 spiro atoms. The van der Waals surface area contributed by atoms with Gasteiger partial charge < -0.3 is 9.30 Å². The first-order valence-corrected chi connectivity index (χ1v) is 8.14. The summed E-state index contributed by atoms with van der Waals surface area (Å²) >= 11 is 1.90. The first kappa shape index (κ1) is 14.3. The molecular weight excluding hydrogens is 282 g/mol. The Morgan fingerprint density at radius 3 is 2.95 bits per heavy atom. The maximum Gasteiger partial charge on any atom is 0.355 e. The van der Waals surface area contributed by atoms with Gasteiger partial charge in [-0.1, -0.05) is 18.2 Å². The van der Waals surface area contributed by atoms with Crippen LogP contribution in [0.5, 0.6) is 0 Å². The Balaban J connectivity index is 1.77. The monoisotopic (exact) mass is 301 g/mol. The number of hydrogen-bond acceptors (Lipinski definition) is 3. The van der Waals surface area contributed by atoms with Crippen LogP contribution in [-0.2, 0) is 17.7 Å². The summed E-state index contributed by atoms with van der Waals surface area (Å²) in [5, 5.41) is 0.474. The predicted molar refractivity (Wildman–Crippen MR) is 84.9 cm³/mol. The van der Waals surface area contributed by atoms with Crippen LogP contribution in [0.25, 0.3) is 0 Å². The molecule has 0 N–H and O–H groups in total. The van der Waals surface area contributed by atoms with Crippen LogP contribution in [0, 0.1) is 6.92 Å². The van der Waals surface area contributed by atoms with Gasteiger partial charge in [0.2, 0.25) is 0 Å². The summed E-state index contributed by atoms with van der Waals surface area (Å²) in [6.45, 7) is 5.04. The minimum absolute atomic E-state index is 0.222. The van der Waals surface area contributed by atoms with Crippen LogP contribution in [0.4, 0.5) is 0 Å². The van der Waals surface area contributed by atoms with Crippen molar-refractivity contribution in [2.45, 2.75) is 37.0 Å². The van der Waals surface area contributed by atoms with Crippen LogP contribution < -0.4 is 0 Å². The van der Waals surface area contributed by atoms with Crippen LogP contribution in [-0.4, -0.2) is 22.4 Å². The Labute approximate surface area is 129 Å². The Kier molecular flexibility index (Phi) is 4.06. The molecule has 0 saturated heterocycles. The Bertz CT molecular complexity index is 638. The normalized spacial score (nSPS) is 16.8. The van der Waals surface area contributed by atoms with Gasteiger partial charge >= 0.3 is 5.97 Å². The number of fused-ring (bicyclic) bond motifs is 1. The zero-order valence-corrected chi connectivity index (χ0v) is 13.2. The van der Waals surface area contributed by atoms with Crippen LogP contribution >= 0.6 is 11.8 Å². The Hall–Kier alpha value is -1.68. The van der Waals surface area contributed by atoms with Crippen LogP contribution in [0.15, 0.2) is 41.4 Å². The predicted octanol–water partition coefficient (Wildman–Crippen LogP) is 3.69. The van der Waals surface area contributed by atoms with Gasteiger partial charge in [0.05, 0.1) is 6.61 Å². The van der Waals surface area contributed by atoms with Gasteiger partial charge in [-0.05, 0) is 43.5 Å². The highest BCUT2D eigenvalue weighted by molar-refractivity contribution is 8.00. The highest BCUT2D eigenvalue weighted by atomic mass is 32.2. The van der Waals surface area contributed by atoms with E-state index in [4.69, 9.17) is 4.74 Å². The minimum atomic E-state index is -0.222. The molecule has 1 aliphatic rings. The summed E-state index contributed by atoms with van der Waals surface area (Å²) in [5.41, 5.74) is 3.08. The van der Waals surface area contributed by atoms with E-state index in [1.165, 1.54) is 10.5 Å². The van der Waals surface area contributed by atoms with Crippen molar-refractivity contribution in [3.05, 3.63) is 53.3 Å². The van der Waals surface area contributed by atoms with Gasteiger partial charge in [-0.15, -0.1) is 11.8 Å². The molecule has 0 amide bonds. The van der Waals surface area contributed by atoms with Crippen molar-refractivity contribution in [2.24, 2.45) is 0 Å². The van der Waals surface area contributed by atoms with E-state index >= 15 is 0 Å². The molecular formula is C17H19NO2S. The number of nitrogens with zero attached hydrogens (tertiary/aromatic N) is 1. The highest BCUT2D eigenvalue weighted by Crippen LogP contribution is 2.37. The Morgan fingerprint density at radius 2 is 2.19 bits per heavy atom. The zero-order valence-electron chi connectivity index (χ0n) is 12.3. The number of thioether (sulfide) groups is 1. The molecule has 0 fully saturated rings. The van der Waals surface area contributed by atoms with Crippen molar-refractivity contribution in [1.29, 1.82) is 0 Å². The van der Waals surface area contributed by atoms with Gasteiger partial charge in [0.25, 0.3) is 0 Å². The van der Waals surface area contributed by atoms with E-state index in [9.17, 15) is 4.79 Å². The third-order valence-electron chi connectivity index (χ3n) is 3.75. The maximum atomic E-state index is 12.1. The van der Waals surface area contributed by atoms with Crippen LogP contribution in [0.2, 0.25) is 0 Å². The van der Waals surface area contributed by atoms with Crippen LogP contribution in [0.1, 0.15) is 28.5 Å². The number of esters is 1. The molecule has 0 aliphatic carbocycles. The van der Waals surface area contributed by atoms with E-state index in [1.54, 1.807) is 0 Å². The lowest BCUT2D eigenvalue weighted by Gasteiger charge is -2.13. The molecule has 2 heterocycles. The van der Waals surface area contributed by atoms with E-state index in [0.717, 1.165) is 18.5 Å². The topological polar surface area (TPSA) is 31.2 Å². The third kappa shape index (κ3) is 2.86. The molecule has 1 aliphatic heterocycles. The van der Waals surface area contributed by atoms with E-state index in [-0.39, 0.29) is 5.97 Å². The van der Waals surface area contributed by atoms with Gasteiger partial charge in [0.15, 0.2) is 0 Å². The van der Waals surface area contributed by atoms with Crippen molar-refractivity contribution in [3.8, 4) is 0 Å². The summed E-state index contributed by atoms with van der Waals surface area (Å²) in [5.74, 6) is -0.222. The summed E-state index contributed by atoms with van der Waals surface area (Å²) in [4.78, 5) is 13.5. The van der Waals surface area contributed by atoms with Crippen molar-refractivity contribution in [1.82, 2.24) is 4.57 Å². The molecule has 0 saturated carbocycles. The average molecular weight is 301 g/mol. The van der Waals surface area contributed by atoms with Gasteiger partial charge in [-0.2, -0.15) is 0 Å². The largest absolute Gasteiger partial charge is 0.461 e. The molecule has 110 valence electrons. The maximum absolute atomic E-state index is 12.1. The van der Waals surface area contributed by atoms with Crippen molar-refractivity contribution >= 4 is 17.7 Å². The number of aryl methyl sites for hydroxylation is 1. The highest BCUT2D eigenvalue weighted by Gasteiger charge is 2.24. The fraction of sp³-hybridized carbons (Fsp3) is 0.353. The second-order valence-corrected chi connectivity index (χ2v) is 6.61. The second-order valence-electron chi connectivity index (χ2n) is 5.27. The molecule has 4 heteroatoms. The van der Waals surface area contributed by atoms with Crippen molar-refractivity contribution < 1.29 is 9.53 Å². The molecule has 1 atom stereocenters. The standard InChI is InChI=1S/C17H19NO2S/c1-3-20-17(19)16-12(2)8-9-18(16)11-14-10-13-6-4-5-7-15(13)21-14/h4-9,14H,3,10-11H2,1-2H3. The lowest BCUT2D eigenvalue weighted by molar-refractivity contribution is 0.0513. The molecule has 21 heavy (non-hydrogen) atoms. The zero-order chi connectivity index (χ0) is 14.8. The van der Waals surface area contributed by atoms with Crippen LogP contribution in [0.3, 0.4) is 0 Å². The first-order chi connectivity index (χ1) is 10.2. The van der Waals surface area contributed by atoms with E-state index in [2.05, 4.69) is 24.3 Å². The second kappa shape index (κ2) is 5.98. The molecule has 2 aromatic rings. The summed E-state index contributed by atoms with van der Waals surface area (Å²) in [6.07, 6.45) is 3.05. The smallest absolute Gasteiger partial charge is 0.355 e. The minimum Gasteiger partial charge on any atom is -0.461 e. The number of benzene rings is 1. The number of hydrogen-bond donors (Lipinski definition) is 0. The molecule has 1 aromatic carbocycles. The molecule has 1 unspecified atom stereocenters. The van der Waals surface area contributed by atoms with Crippen molar-refractivity contribution in [3.63, 3.8) is 0 Å². The van der Waals surface area contributed by atoms with E-state index in [1.807, 2.05) is 42.4 Å².